The first kappa shape index (κ1) is 19.5. The second-order valence-electron chi connectivity index (χ2n) is 7.34. The molecule has 144 valence electrons. The SMILES string of the molecule is COCC(C)NC(=O)C1(Cc2cccc(-c3ccncc3)c2)CCOCC1. The Kier molecular flexibility index (Phi) is 6.58. The maximum absolute atomic E-state index is 13.1. The summed E-state index contributed by atoms with van der Waals surface area (Å²) in [5.41, 5.74) is 3.01. The number of carbonyl (C=O) groups excluding carboxylic acids is 1. The predicted octanol–water partition coefficient (Wildman–Crippen LogP) is 3.24. The Morgan fingerprint density at radius 2 is 1.96 bits per heavy atom. The summed E-state index contributed by atoms with van der Waals surface area (Å²) >= 11 is 0. The summed E-state index contributed by atoms with van der Waals surface area (Å²) in [5, 5.41) is 3.13. The van der Waals surface area contributed by atoms with E-state index >= 15 is 0 Å². The minimum atomic E-state index is -0.433. The first-order chi connectivity index (χ1) is 13.1. The Morgan fingerprint density at radius 1 is 1.22 bits per heavy atom. The van der Waals surface area contributed by atoms with E-state index in [1.54, 1.807) is 19.5 Å². The molecule has 0 saturated carbocycles. The number of aromatic nitrogens is 1. The van der Waals surface area contributed by atoms with Gasteiger partial charge in [-0.05, 0) is 55.0 Å². The fourth-order valence-electron chi connectivity index (χ4n) is 3.71. The zero-order chi connectivity index (χ0) is 19.1. The first-order valence-electron chi connectivity index (χ1n) is 9.50. The number of nitrogens with one attached hydrogen (secondary N) is 1. The number of pyridine rings is 1. The second-order valence-corrected chi connectivity index (χ2v) is 7.34. The van der Waals surface area contributed by atoms with Crippen molar-refractivity contribution in [3.63, 3.8) is 0 Å². The standard InChI is InChI=1S/C22H28N2O3/c1-17(16-26-2)24-21(25)22(8-12-27-13-9-22)15-18-4-3-5-20(14-18)19-6-10-23-11-7-19/h3-7,10-11,14,17H,8-9,12-13,15-16H2,1-2H3,(H,24,25). The average molecular weight is 368 g/mol. The summed E-state index contributed by atoms with van der Waals surface area (Å²) in [7, 11) is 1.65. The highest BCUT2D eigenvalue weighted by molar-refractivity contribution is 5.83. The molecule has 1 fully saturated rings. The summed E-state index contributed by atoms with van der Waals surface area (Å²) in [5.74, 6) is 0.102. The van der Waals surface area contributed by atoms with Crippen LogP contribution in [0.25, 0.3) is 11.1 Å². The molecule has 2 heterocycles. The summed E-state index contributed by atoms with van der Waals surface area (Å²) in [6, 6.07) is 12.4. The van der Waals surface area contributed by atoms with Crippen molar-refractivity contribution in [3.05, 3.63) is 54.4 Å². The van der Waals surface area contributed by atoms with Crippen LogP contribution >= 0.6 is 0 Å². The van der Waals surface area contributed by atoms with Gasteiger partial charge in [0.2, 0.25) is 5.91 Å². The van der Waals surface area contributed by atoms with E-state index in [0.29, 0.717) is 26.2 Å². The lowest BCUT2D eigenvalue weighted by atomic mass is 9.74. The number of benzene rings is 1. The van der Waals surface area contributed by atoms with Crippen LogP contribution in [0.5, 0.6) is 0 Å². The molecule has 1 aromatic heterocycles. The lowest BCUT2D eigenvalue weighted by molar-refractivity contribution is -0.137. The van der Waals surface area contributed by atoms with Crippen molar-refractivity contribution in [3.8, 4) is 11.1 Å². The van der Waals surface area contributed by atoms with Crippen molar-refractivity contribution in [1.29, 1.82) is 0 Å². The molecule has 1 aromatic carbocycles. The predicted molar refractivity (Wildman–Crippen MR) is 105 cm³/mol. The van der Waals surface area contributed by atoms with Crippen LogP contribution in [0.2, 0.25) is 0 Å². The highest BCUT2D eigenvalue weighted by atomic mass is 16.5. The molecule has 5 nitrogen and oxygen atoms in total. The molecule has 5 heteroatoms. The van der Waals surface area contributed by atoms with Gasteiger partial charge in [0.1, 0.15) is 0 Å². The number of carbonyl (C=O) groups is 1. The van der Waals surface area contributed by atoms with Crippen LogP contribution in [0, 0.1) is 5.41 Å². The summed E-state index contributed by atoms with van der Waals surface area (Å²) in [6.45, 7) is 3.72. The van der Waals surface area contributed by atoms with E-state index in [4.69, 9.17) is 9.47 Å². The molecule has 1 aliphatic rings. The number of ether oxygens (including phenoxy) is 2. The van der Waals surface area contributed by atoms with Crippen molar-refractivity contribution < 1.29 is 14.3 Å². The third kappa shape index (κ3) is 4.93. The molecular formula is C22H28N2O3. The third-order valence-corrected chi connectivity index (χ3v) is 5.21. The van der Waals surface area contributed by atoms with Crippen molar-refractivity contribution >= 4 is 5.91 Å². The van der Waals surface area contributed by atoms with Gasteiger partial charge >= 0.3 is 0 Å². The lowest BCUT2D eigenvalue weighted by Crippen LogP contribution is -2.49. The quantitative estimate of drug-likeness (QED) is 0.815. The molecule has 1 N–H and O–H groups in total. The Balaban J connectivity index is 1.81. The summed E-state index contributed by atoms with van der Waals surface area (Å²) in [6.07, 6.45) is 5.77. The first-order valence-corrected chi connectivity index (χ1v) is 9.50. The zero-order valence-corrected chi connectivity index (χ0v) is 16.1. The highest BCUT2D eigenvalue weighted by Gasteiger charge is 2.40. The molecule has 0 bridgehead atoms. The maximum Gasteiger partial charge on any atom is 0.227 e. The molecule has 2 aromatic rings. The van der Waals surface area contributed by atoms with Gasteiger partial charge in [-0.2, -0.15) is 0 Å². The minimum absolute atomic E-state index is 0.00891. The van der Waals surface area contributed by atoms with Gasteiger partial charge in [0.05, 0.1) is 12.0 Å². The Morgan fingerprint density at radius 3 is 2.67 bits per heavy atom. The van der Waals surface area contributed by atoms with Gasteiger partial charge in [-0.25, -0.2) is 0 Å². The molecule has 1 unspecified atom stereocenters. The summed E-state index contributed by atoms with van der Waals surface area (Å²) in [4.78, 5) is 17.2. The van der Waals surface area contributed by atoms with E-state index in [1.807, 2.05) is 19.1 Å². The van der Waals surface area contributed by atoms with Gasteiger partial charge in [-0.1, -0.05) is 24.3 Å². The van der Waals surface area contributed by atoms with Crippen molar-refractivity contribution in [1.82, 2.24) is 10.3 Å². The molecular weight excluding hydrogens is 340 g/mol. The number of rotatable bonds is 7. The third-order valence-electron chi connectivity index (χ3n) is 5.21. The number of methoxy groups -OCH3 is 1. The average Bonchev–Trinajstić information content (AvgIpc) is 2.70. The molecule has 1 atom stereocenters. The Hall–Kier alpha value is -2.24. The van der Waals surface area contributed by atoms with Crippen LogP contribution in [0.3, 0.4) is 0 Å². The van der Waals surface area contributed by atoms with Crippen molar-refractivity contribution in [2.75, 3.05) is 26.9 Å². The number of nitrogens with zero attached hydrogens (tertiary/aromatic N) is 1. The smallest absolute Gasteiger partial charge is 0.227 e. The Bertz CT molecular complexity index is 742. The van der Waals surface area contributed by atoms with E-state index in [2.05, 4.69) is 34.6 Å². The fraction of sp³-hybridized carbons (Fsp3) is 0.455. The van der Waals surface area contributed by atoms with Crippen LogP contribution in [-0.2, 0) is 20.7 Å². The highest BCUT2D eigenvalue weighted by Crippen LogP contribution is 2.35. The van der Waals surface area contributed by atoms with Gasteiger partial charge in [-0.3, -0.25) is 9.78 Å². The molecule has 27 heavy (non-hydrogen) atoms. The molecule has 1 saturated heterocycles. The van der Waals surface area contributed by atoms with Gasteiger partial charge in [-0.15, -0.1) is 0 Å². The van der Waals surface area contributed by atoms with Gasteiger partial charge < -0.3 is 14.8 Å². The largest absolute Gasteiger partial charge is 0.383 e. The van der Waals surface area contributed by atoms with E-state index in [-0.39, 0.29) is 11.9 Å². The fourth-order valence-corrected chi connectivity index (χ4v) is 3.71. The maximum atomic E-state index is 13.1. The number of amides is 1. The van der Waals surface area contributed by atoms with E-state index in [0.717, 1.165) is 24.0 Å². The number of hydrogen-bond acceptors (Lipinski definition) is 4. The van der Waals surface area contributed by atoms with E-state index in [1.165, 1.54) is 5.56 Å². The Labute approximate surface area is 161 Å². The molecule has 0 radical (unpaired) electrons. The van der Waals surface area contributed by atoms with Crippen LogP contribution in [0.4, 0.5) is 0 Å². The van der Waals surface area contributed by atoms with Crippen molar-refractivity contribution in [2.24, 2.45) is 5.41 Å². The summed E-state index contributed by atoms with van der Waals surface area (Å²) < 4.78 is 10.7. The van der Waals surface area contributed by atoms with E-state index < -0.39 is 5.41 Å². The molecule has 1 aliphatic heterocycles. The normalized spacial score (nSPS) is 17.3. The molecule has 3 rings (SSSR count). The van der Waals surface area contributed by atoms with Crippen LogP contribution in [-0.4, -0.2) is 43.9 Å². The molecule has 0 aliphatic carbocycles. The van der Waals surface area contributed by atoms with Gasteiger partial charge in [0.25, 0.3) is 0 Å². The zero-order valence-electron chi connectivity index (χ0n) is 16.1. The minimum Gasteiger partial charge on any atom is -0.383 e. The second kappa shape index (κ2) is 9.11. The van der Waals surface area contributed by atoms with Crippen LogP contribution < -0.4 is 5.32 Å². The lowest BCUT2D eigenvalue weighted by Gasteiger charge is -2.37. The number of hydrogen-bond donors (Lipinski definition) is 1. The molecule has 0 spiro atoms. The van der Waals surface area contributed by atoms with Crippen molar-refractivity contribution in [2.45, 2.75) is 32.2 Å². The van der Waals surface area contributed by atoms with E-state index in [9.17, 15) is 4.79 Å². The van der Waals surface area contributed by atoms with Gasteiger partial charge in [0, 0.05) is 38.8 Å². The van der Waals surface area contributed by atoms with Gasteiger partial charge in [0.15, 0.2) is 0 Å². The van der Waals surface area contributed by atoms with Crippen LogP contribution in [0.15, 0.2) is 48.8 Å². The molecule has 1 amide bonds. The monoisotopic (exact) mass is 368 g/mol. The van der Waals surface area contributed by atoms with Crippen LogP contribution in [0.1, 0.15) is 25.3 Å². The topological polar surface area (TPSA) is 60.5 Å².